The maximum Gasteiger partial charge on any atom is 0.310 e. The zero-order valence-electron chi connectivity index (χ0n) is 15.8. The number of carbonyl (C=O) groups excluding carboxylic acids is 2. The van der Waals surface area contributed by atoms with E-state index in [1.165, 1.54) is 18.3 Å². The highest BCUT2D eigenvalue weighted by molar-refractivity contribution is 7.14. The zero-order valence-corrected chi connectivity index (χ0v) is 16.6. The molecule has 0 saturated carbocycles. The number of aromatic nitrogens is 2. The highest BCUT2D eigenvalue weighted by atomic mass is 32.1. The lowest BCUT2D eigenvalue weighted by molar-refractivity contribution is -0.144. The number of anilines is 2. The number of esters is 1. The maximum atomic E-state index is 12.3. The molecule has 0 aliphatic heterocycles. The number of H-pyrrole nitrogens is 1. The highest BCUT2D eigenvalue weighted by Gasteiger charge is 2.18. The number of fused-ring (bicyclic) bond motifs is 1. The van der Waals surface area contributed by atoms with Gasteiger partial charge in [-0.1, -0.05) is 36.4 Å². The molecular weight excluding hydrogens is 386 g/mol. The van der Waals surface area contributed by atoms with Gasteiger partial charge in [-0.25, -0.2) is 4.98 Å². The van der Waals surface area contributed by atoms with E-state index in [0.717, 1.165) is 22.2 Å². The number of aromatic amines is 1. The first-order valence-corrected chi connectivity index (χ1v) is 10.0. The number of rotatable bonds is 6. The topological polar surface area (TPSA) is 75.3 Å². The van der Waals surface area contributed by atoms with E-state index < -0.39 is 0 Å². The lowest BCUT2D eigenvalue weighted by Crippen LogP contribution is -2.22. The summed E-state index contributed by atoms with van der Waals surface area (Å²) in [5.41, 5.74) is 3.25. The summed E-state index contributed by atoms with van der Waals surface area (Å²) >= 11 is 1.34. The molecule has 146 valence electrons. The molecule has 0 aliphatic carbocycles. The molecule has 6 nitrogen and oxygen atoms in total. The Balaban J connectivity index is 1.41. The Kier molecular flexibility index (Phi) is 5.39. The van der Waals surface area contributed by atoms with E-state index in [-0.39, 0.29) is 24.9 Å². The second kappa shape index (κ2) is 8.28. The van der Waals surface area contributed by atoms with Crippen LogP contribution in [0.1, 0.15) is 18.2 Å². The number of thiazole rings is 1. The van der Waals surface area contributed by atoms with Gasteiger partial charge in [0.25, 0.3) is 0 Å². The van der Waals surface area contributed by atoms with Crippen LogP contribution >= 0.6 is 11.3 Å². The molecule has 29 heavy (non-hydrogen) atoms. The summed E-state index contributed by atoms with van der Waals surface area (Å²) in [6.45, 7) is 1.56. The fourth-order valence-corrected chi connectivity index (χ4v) is 3.98. The van der Waals surface area contributed by atoms with E-state index in [4.69, 9.17) is 4.74 Å². The first kappa shape index (κ1) is 18.9. The number of carbonyl (C=O) groups is 2. The number of nitrogens with one attached hydrogen (secondary N) is 1. The molecule has 0 radical (unpaired) electrons. The molecule has 2 aromatic carbocycles. The largest absolute Gasteiger partial charge is 0.459 e. The van der Waals surface area contributed by atoms with Crippen LogP contribution < -0.4 is 4.90 Å². The lowest BCUT2D eigenvalue weighted by atomic mass is 10.1. The fourth-order valence-electron chi connectivity index (χ4n) is 3.11. The minimum atomic E-state index is -0.323. The molecule has 1 N–H and O–H groups in total. The maximum absolute atomic E-state index is 12.3. The predicted molar refractivity (Wildman–Crippen MR) is 113 cm³/mol. The third-order valence-corrected chi connectivity index (χ3v) is 5.33. The summed E-state index contributed by atoms with van der Waals surface area (Å²) in [5, 5.41) is 3.36. The molecule has 4 aromatic rings. The molecule has 0 unspecified atom stereocenters. The van der Waals surface area contributed by atoms with Gasteiger partial charge < -0.3 is 9.72 Å². The predicted octanol–water partition coefficient (Wildman–Crippen LogP) is 4.59. The number of ether oxygens (including phenoxy) is 1. The van der Waals surface area contributed by atoms with Crippen LogP contribution in [-0.2, 0) is 27.4 Å². The summed E-state index contributed by atoms with van der Waals surface area (Å²) in [4.78, 5) is 33.5. The van der Waals surface area contributed by atoms with Gasteiger partial charge >= 0.3 is 5.97 Å². The van der Waals surface area contributed by atoms with Crippen LogP contribution in [0.5, 0.6) is 0 Å². The van der Waals surface area contributed by atoms with Crippen LogP contribution in [0.3, 0.4) is 0 Å². The van der Waals surface area contributed by atoms with E-state index >= 15 is 0 Å². The van der Waals surface area contributed by atoms with Gasteiger partial charge in [-0.05, 0) is 23.8 Å². The van der Waals surface area contributed by atoms with Crippen LogP contribution in [0.4, 0.5) is 10.8 Å². The van der Waals surface area contributed by atoms with Crippen molar-refractivity contribution in [3.8, 4) is 0 Å². The van der Waals surface area contributed by atoms with Gasteiger partial charge in [0.05, 0.1) is 17.8 Å². The Hall–Kier alpha value is -3.45. The van der Waals surface area contributed by atoms with Crippen molar-refractivity contribution in [1.82, 2.24) is 9.97 Å². The fraction of sp³-hybridized carbons (Fsp3) is 0.136. The molecule has 0 bridgehead atoms. The van der Waals surface area contributed by atoms with Crippen molar-refractivity contribution in [2.75, 3.05) is 4.90 Å². The third-order valence-electron chi connectivity index (χ3n) is 4.45. The van der Waals surface area contributed by atoms with Crippen molar-refractivity contribution in [2.45, 2.75) is 20.0 Å². The highest BCUT2D eigenvalue weighted by Crippen LogP contribution is 2.29. The number of amides is 1. The summed E-state index contributed by atoms with van der Waals surface area (Å²) in [6.07, 6.45) is 2.02. The molecule has 2 aromatic heterocycles. The van der Waals surface area contributed by atoms with Crippen molar-refractivity contribution >= 4 is 44.9 Å². The van der Waals surface area contributed by atoms with E-state index in [9.17, 15) is 9.59 Å². The van der Waals surface area contributed by atoms with E-state index in [1.807, 2.05) is 60.8 Å². The van der Waals surface area contributed by atoms with E-state index in [2.05, 4.69) is 9.97 Å². The Labute approximate surface area is 171 Å². The monoisotopic (exact) mass is 405 g/mol. The second-order valence-electron chi connectivity index (χ2n) is 6.51. The normalized spacial score (nSPS) is 10.8. The van der Waals surface area contributed by atoms with Crippen molar-refractivity contribution < 1.29 is 14.3 Å². The summed E-state index contributed by atoms with van der Waals surface area (Å²) in [6, 6.07) is 17.2. The first-order valence-electron chi connectivity index (χ1n) is 9.12. The molecule has 0 fully saturated rings. The molecule has 1 amide bonds. The first-order chi connectivity index (χ1) is 14.1. The molecule has 0 spiro atoms. The van der Waals surface area contributed by atoms with Crippen LogP contribution in [0, 0.1) is 0 Å². The Bertz CT molecular complexity index is 1150. The summed E-state index contributed by atoms with van der Waals surface area (Å²) in [7, 11) is 0. The van der Waals surface area contributed by atoms with E-state index in [1.54, 1.807) is 10.3 Å². The standard InChI is InChI=1S/C22H19N3O3S/c1-15(26)25(18-7-3-2-4-8-18)22-24-17(14-29-22)13-28-21(27)11-16-12-23-20-10-6-5-9-19(16)20/h2-10,12,14,23H,11,13H2,1H3. The van der Waals surface area contributed by atoms with Crippen molar-refractivity contribution in [1.29, 1.82) is 0 Å². The average molecular weight is 405 g/mol. The molecule has 0 saturated heterocycles. The van der Waals surface area contributed by atoms with Gasteiger partial charge in [0, 0.05) is 29.4 Å². The van der Waals surface area contributed by atoms with Crippen LogP contribution in [0.15, 0.2) is 66.2 Å². The third kappa shape index (κ3) is 4.20. The lowest BCUT2D eigenvalue weighted by Gasteiger charge is -2.17. The van der Waals surface area contributed by atoms with Crippen molar-refractivity contribution in [3.63, 3.8) is 0 Å². The molecule has 7 heteroatoms. The minimum Gasteiger partial charge on any atom is -0.459 e. The van der Waals surface area contributed by atoms with Gasteiger partial charge in [-0.2, -0.15) is 0 Å². The Morgan fingerprint density at radius 3 is 2.66 bits per heavy atom. The van der Waals surface area contributed by atoms with Gasteiger partial charge in [0.1, 0.15) is 6.61 Å². The quantitative estimate of drug-likeness (QED) is 0.476. The number of para-hydroxylation sites is 2. The van der Waals surface area contributed by atoms with Crippen molar-refractivity contribution in [2.24, 2.45) is 0 Å². The second-order valence-corrected chi connectivity index (χ2v) is 7.34. The Morgan fingerprint density at radius 1 is 1.10 bits per heavy atom. The Morgan fingerprint density at radius 2 is 1.86 bits per heavy atom. The van der Waals surface area contributed by atoms with Crippen LogP contribution in [0.25, 0.3) is 10.9 Å². The number of hydrogen-bond donors (Lipinski definition) is 1. The number of hydrogen-bond acceptors (Lipinski definition) is 5. The summed E-state index contributed by atoms with van der Waals surface area (Å²) in [5.74, 6) is -0.454. The SMILES string of the molecule is CC(=O)N(c1ccccc1)c1nc(COC(=O)Cc2c[nH]c3ccccc23)cs1. The number of benzene rings is 2. The molecule has 0 aliphatic rings. The van der Waals surface area contributed by atoms with Gasteiger partial charge in [-0.15, -0.1) is 11.3 Å². The molecule has 4 rings (SSSR count). The number of nitrogens with zero attached hydrogens (tertiary/aromatic N) is 2. The molecular formula is C22H19N3O3S. The molecule has 0 atom stereocenters. The zero-order chi connectivity index (χ0) is 20.2. The van der Waals surface area contributed by atoms with Gasteiger partial charge in [-0.3, -0.25) is 14.5 Å². The van der Waals surface area contributed by atoms with E-state index in [0.29, 0.717) is 10.8 Å². The smallest absolute Gasteiger partial charge is 0.310 e. The van der Waals surface area contributed by atoms with Crippen molar-refractivity contribution in [3.05, 3.63) is 77.4 Å². The summed E-state index contributed by atoms with van der Waals surface area (Å²) < 4.78 is 5.40. The minimum absolute atomic E-state index is 0.0677. The van der Waals surface area contributed by atoms with Gasteiger partial charge in [0.2, 0.25) is 5.91 Å². The average Bonchev–Trinajstić information content (AvgIpc) is 3.35. The molecule has 2 heterocycles. The van der Waals surface area contributed by atoms with Crippen LogP contribution in [-0.4, -0.2) is 21.8 Å². The van der Waals surface area contributed by atoms with Crippen LogP contribution in [0.2, 0.25) is 0 Å². The van der Waals surface area contributed by atoms with Gasteiger partial charge in [0.15, 0.2) is 5.13 Å².